The Bertz CT molecular complexity index is 323. The van der Waals surface area contributed by atoms with Crippen LogP contribution in [0.25, 0.3) is 5.57 Å². The first kappa shape index (κ1) is 10.7. The normalized spacial score (nSPS) is 12.2. The minimum atomic E-state index is -1.44. The summed E-state index contributed by atoms with van der Waals surface area (Å²) in [5.41, 5.74) is 0.835. The number of para-hydroxylation sites is 1. The maximum Gasteiger partial charge on any atom is 0.148 e. The van der Waals surface area contributed by atoms with Crippen molar-refractivity contribution in [3.05, 3.63) is 36.4 Å². The molecule has 0 spiro atoms. The van der Waals surface area contributed by atoms with Crippen LogP contribution in [-0.4, -0.2) is 25.0 Å². The number of hydrogen-bond donors (Lipinski definition) is 1. The van der Waals surface area contributed by atoms with E-state index < -0.39 is 12.8 Å². The van der Waals surface area contributed by atoms with E-state index >= 15 is 0 Å². The van der Waals surface area contributed by atoms with Gasteiger partial charge in [0.1, 0.15) is 11.9 Å². The minimum absolute atomic E-state index is 0.241. The summed E-state index contributed by atoms with van der Waals surface area (Å²) in [4.78, 5) is 0. The van der Waals surface area contributed by atoms with Gasteiger partial charge in [0.05, 0.1) is 13.7 Å². The molecule has 1 rings (SSSR count). The Morgan fingerprint density at radius 1 is 1.57 bits per heavy atom. The Kier molecular flexibility index (Phi) is 3.65. The van der Waals surface area contributed by atoms with Gasteiger partial charge in [-0.25, -0.2) is 4.39 Å². The van der Waals surface area contributed by atoms with E-state index in [1.54, 1.807) is 24.3 Å². The number of methoxy groups -OCH3 is 1. The number of benzene rings is 1. The van der Waals surface area contributed by atoms with Gasteiger partial charge in [-0.05, 0) is 11.6 Å². The number of aliphatic hydroxyl groups excluding tert-OH is 1. The molecular formula is C11H13FO2. The van der Waals surface area contributed by atoms with E-state index in [0.29, 0.717) is 11.3 Å². The summed E-state index contributed by atoms with van der Waals surface area (Å²) >= 11 is 0. The van der Waals surface area contributed by atoms with Crippen LogP contribution in [0, 0.1) is 0 Å². The molecule has 0 heterocycles. The second kappa shape index (κ2) is 4.77. The third kappa shape index (κ3) is 2.12. The summed E-state index contributed by atoms with van der Waals surface area (Å²) in [5, 5.41) is 8.65. The number of aliphatic hydroxyl groups is 1. The maximum atomic E-state index is 13.1. The van der Waals surface area contributed by atoms with Crippen molar-refractivity contribution >= 4 is 5.57 Å². The quantitative estimate of drug-likeness (QED) is 0.798. The van der Waals surface area contributed by atoms with Gasteiger partial charge in [-0.3, -0.25) is 0 Å². The van der Waals surface area contributed by atoms with Gasteiger partial charge < -0.3 is 9.84 Å². The highest BCUT2D eigenvalue weighted by atomic mass is 19.1. The van der Waals surface area contributed by atoms with Gasteiger partial charge in [-0.2, -0.15) is 0 Å². The van der Waals surface area contributed by atoms with Crippen LogP contribution in [0.15, 0.2) is 30.8 Å². The van der Waals surface area contributed by atoms with Crippen molar-refractivity contribution in [1.82, 2.24) is 0 Å². The monoisotopic (exact) mass is 196 g/mol. The number of alkyl halides is 1. The lowest BCUT2D eigenvalue weighted by atomic mass is 10.0. The molecule has 1 atom stereocenters. The molecule has 1 aromatic carbocycles. The highest BCUT2D eigenvalue weighted by Crippen LogP contribution is 2.27. The van der Waals surface area contributed by atoms with Crippen LogP contribution in [0.3, 0.4) is 0 Å². The summed E-state index contributed by atoms with van der Waals surface area (Å²) in [7, 11) is 1.51. The van der Waals surface area contributed by atoms with Crippen molar-refractivity contribution in [2.45, 2.75) is 6.17 Å². The maximum absolute atomic E-state index is 13.1. The highest BCUT2D eigenvalue weighted by Gasteiger charge is 2.14. The van der Waals surface area contributed by atoms with E-state index in [4.69, 9.17) is 9.84 Å². The third-order valence-electron chi connectivity index (χ3n) is 1.99. The number of halogens is 1. The molecule has 0 aromatic heterocycles. The summed E-state index contributed by atoms with van der Waals surface area (Å²) in [6.07, 6.45) is -1.44. The smallest absolute Gasteiger partial charge is 0.148 e. The minimum Gasteiger partial charge on any atom is -0.496 e. The zero-order valence-corrected chi connectivity index (χ0v) is 8.03. The lowest BCUT2D eigenvalue weighted by molar-refractivity contribution is 0.215. The van der Waals surface area contributed by atoms with Gasteiger partial charge in [0.2, 0.25) is 0 Å². The van der Waals surface area contributed by atoms with Crippen LogP contribution in [0.1, 0.15) is 5.56 Å². The molecule has 2 nitrogen and oxygen atoms in total. The first-order chi connectivity index (χ1) is 6.70. The van der Waals surface area contributed by atoms with Crippen molar-refractivity contribution in [2.24, 2.45) is 0 Å². The van der Waals surface area contributed by atoms with Crippen molar-refractivity contribution in [3.63, 3.8) is 0 Å². The fourth-order valence-corrected chi connectivity index (χ4v) is 1.19. The summed E-state index contributed by atoms with van der Waals surface area (Å²) < 4.78 is 18.2. The Labute approximate surface area is 82.6 Å². The number of ether oxygens (including phenoxy) is 1. The number of rotatable bonds is 4. The topological polar surface area (TPSA) is 29.5 Å². The average Bonchev–Trinajstić information content (AvgIpc) is 2.26. The molecule has 0 fully saturated rings. The second-order valence-electron chi connectivity index (χ2n) is 2.88. The van der Waals surface area contributed by atoms with Gasteiger partial charge in [0.25, 0.3) is 0 Å². The Hall–Kier alpha value is -1.35. The fraction of sp³-hybridized carbons (Fsp3) is 0.273. The predicted octanol–water partition coefficient (Wildman–Crippen LogP) is 2.04. The van der Waals surface area contributed by atoms with Crippen LogP contribution < -0.4 is 4.74 Å². The van der Waals surface area contributed by atoms with E-state index in [9.17, 15) is 4.39 Å². The van der Waals surface area contributed by atoms with Crippen molar-refractivity contribution < 1.29 is 14.2 Å². The lowest BCUT2D eigenvalue weighted by Crippen LogP contribution is -2.08. The SMILES string of the molecule is C=C(c1ccccc1OC)[C@H](F)CO. The molecular weight excluding hydrogens is 183 g/mol. The number of hydrogen-bond acceptors (Lipinski definition) is 2. The van der Waals surface area contributed by atoms with Crippen LogP contribution in [-0.2, 0) is 0 Å². The molecule has 0 saturated heterocycles. The van der Waals surface area contributed by atoms with Crippen molar-refractivity contribution in [2.75, 3.05) is 13.7 Å². The van der Waals surface area contributed by atoms with Gasteiger partial charge in [0, 0.05) is 5.56 Å². The van der Waals surface area contributed by atoms with E-state index in [2.05, 4.69) is 6.58 Å². The standard InChI is InChI=1S/C11H13FO2/c1-8(10(12)7-13)9-5-3-4-6-11(9)14-2/h3-6,10,13H,1,7H2,2H3/t10-/m1/s1. The van der Waals surface area contributed by atoms with Crippen LogP contribution >= 0.6 is 0 Å². The van der Waals surface area contributed by atoms with Gasteiger partial charge >= 0.3 is 0 Å². The van der Waals surface area contributed by atoms with Gasteiger partial charge in [-0.15, -0.1) is 0 Å². The fourth-order valence-electron chi connectivity index (χ4n) is 1.19. The first-order valence-electron chi connectivity index (χ1n) is 4.27. The van der Waals surface area contributed by atoms with Gasteiger partial charge in [0.15, 0.2) is 0 Å². The molecule has 0 bridgehead atoms. The molecule has 0 saturated carbocycles. The zero-order chi connectivity index (χ0) is 10.6. The third-order valence-corrected chi connectivity index (χ3v) is 1.99. The molecule has 3 heteroatoms. The van der Waals surface area contributed by atoms with E-state index in [0.717, 1.165) is 0 Å². The lowest BCUT2D eigenvalue weighted by Gasteiger charge is -2.12. The average molecular weight is 196 g/mol. The molecule has 76 valence electrons. The highest BCUT2D eigenvalue weighted by molar-refractivity contribution is 5.71. The van der Waals surface area contributed by atoms with Crippen LogP contribution in [0.5, 0.6) is 5.75 Å². The van der Waals surface area contributed by atoms with E-state index in [1.807, 2.05) is 0 Å². The summed E-state index contributed by atoms with van der Waals surface area (Å²) in [6.45, 7) is 3.03. The molecule has 0 unspecified atom stereocenters. The second-order valence-corrected chi connectivity index (χ2v) is 2.88. The molecule has 0 aliphatic heterocycles. The van der Waals surface area contributed by atoms with Crippen LogP contribution in [0.4, 0.5) is 4.39 Å². The van der Waals surface area contributed by atoms with Gasteiger partial charge in [-0.1, -0.05) is 24.8 Å². The Morgan fingerprint density at radius 2 is 2.21 bits per heavy atom. The molecule has 0 radical (unpaired) electrons. The first-order valence-corrected chi connectivity index (χ1v) is 4.27. The molecule has 1 aromatic rings. The molecule has 0 amide bonds. The van der Waals surface area contributed by atoms with E-state index in [1.165, 1.54) is 7.11 Å². The van der Waals surface area contributed by atoms with Crippen molar-refractivity contribution in [3.8, 4) is 5.75 Å². The Morgan fingerprint density at radius 3 is 2.79 bits per heavy atom. The van der Waals surface area contributed by atoms with E-state index in [-0.39, 0.29) is 5.57 Å². The van der Waals surface area contributed by atoms with Crippen LogP contribution in [0.2, 0.25) is 0 Å². The van der Waals surface area contributed by atoms with Crippen molar-refractivity contribution in [1.29, 1.82) is 0 Å². The zero-order valence-electron chi connectivity index (χ0n) is 8.03. The molecule has 14 heavy (non-hydrogen) atoms. The Balaban J connectivity index is 3.00. The largest absolute Gasteiger partial charge is 0.496 e. The molecule has 1 N–H and O–H groups in total. The summed E-state index contributed by atoms with van der Waals surface area (Å²) in [5.74, 6) is 0.564. The summed E-state index contributed by atoms with van der Waals surface area (Å²) in [6, 6.07) is 7.00. The predicted molar refractivity (Wildman–Crippen MR) is 54.0 cm³/mol. The molecule has 0 aliphatic rings. The molecule has 0 aliphatic carbocycles.